The molecule has 0 aliphatic carbocycles. The van der Waals surface area contributed by atoms with E-state index in [-0.39, 0.29) is 11.7 Å². The lowest BCUT2D eigenvalue weighted by atomic mass is 9.89. The molecule has 1 amide bonds. The SMILES string of the molecule is O=C(c1cnc2c(O)csc2c1NCc1cccnc1)N1CCC(c2ccccc2)CC1. The molecular weight excluding hydrogens is 420 g/mol. The Morgan fingerprint density at radius 1 is 1.12 bits per heavy atom. The smallest absolute Gasteiger partial charge is 0.257 e. The zero-order valence-electron chi connectivity index (χ0n) is 17.6. The Kier molecular flexibility index (Phi) is 5.73. The number of hydrogen-bond donors (Lipinski definition) is 2. The Bertz CT molecular complexity index is 1220. The van der Waals surface area contributed by atoms with Gasteiger partial charge in [0.05, 0.1) is 16.0 Å². The van der Waals surface area contributed by atoms with Crippen LogP contribution in [0.15, 0.2) is 66.4 Å². The molecule has 0 unspecified atom stereocenters. The van der Waals surface area contributed by atoms with Gasteiger partial charge in [-0.3, -0.25) is 14.8 Å². The van der Waals surface area contributed by atoms with Crippen LogP contribution >= 0.6 is 11.3 Å². The average Bonchev–Trinajstić information content (AvgIpc) is 3.24. The highest BCUT2D eigenvalue weighted by Gasteiger charge is 2.27. The van der Waals surface area contributed by atoms with Crippen molar-refractivity contribution in [3.63, 3.8) is 0 Å². The molecule has 0 spiro atoms. The Balaban J connectivity index is 1.39. The Morgan fingerprint density at radius 3 is 2.69 bits per heavy atom. The number of amides is 1. The quantitative estimate of drug-likeness (QED) is 0.451. The van der Waals surface area contributed by atoms with Gasteiger partial charge in [-0.15, -0.1) is 11.3 Å². The highest BCUT2D eigenvalue weighted by Crippen LogP contribution is 2.38. The Labute approximate surface area is 190 Å². The van der Waals surface area contributed by atoms with Crippen LogP contribution in [-0.4, -0.2) is 39.0 Å². The maximum atomic E-state index is 13.5. The Morgan fingerprint density at radius 2 is 1.94 bits per heavy atom. The molecule has 4 heterocycles. The van der Waals surface area contributed by atoms with Crippen LogP contribution < -0.4 is 5.32 Å². The summed E-state index contributed by atoms with van der Waals surface area (Å²) in [5.41, 5.74) is 4.14. The van der Waals surface area contributed by atoms with Crippen molar-refractivity contribution in [1.82, 2.24) is 14.9 Å². The standard InChI is InChI=1S/C25H24N4O2S/c30-21-16-32-24-22(27-14-17-5-4-10-26-13-17)20(15-28-23(21)24)25(31)29-11-8-19(9-12-29)18-6-2-1-3-7-18/h1-7,10,13,15-16,19,30H,8-9,11-12,14H2,(H,27,28). The molecule has 2 N–H and O–H groups in total. The van der Waals surface area contributed by atoms with Crippen LogP contribution in [0.5, 0.6) is 5.75 Å². The van der Waals surface area contributed by atoms with E-state index in [1.165, 1.54) is 16.9 Å². The summed E-state index contributed by atoms with van der Waals surface area (Å²) in [6.45, 7) is 1.96. The van der Waals surface area contributed by atoms with Crippen LogP contribution in [0.2, 0.25) is 0 Å². The monoisotopic (exact) mass is 444 g/mol. The van der Waals surface area contributed by atoms with Gasteiger partial charge in [0.15, 0.2) is 5.75 Å². The van der Waals surface area contributed by atoms with E-state index in [1.807, 2.05) is 23.1 Å². The summed E-state index contributed by atoms with van der Waals surface area (Å²) >= 11 is 1.39. The van der Waals surface area contributed by atoms with Gasteiger partial charge in [0.2, 0.25) is 0 Å². The van der Waals surface area contributed by atoms with Gasteiger partial charge in [-0.2, -0.15) is 0 Å². The van der Waals surface area contributed by atoms with E-state index < -0.39 is 0 Å². The van der Waals surface area contributed by atoms with Gasteiger partial charge >= 0.3 is 0 Å². The molecule has 1 fully saturated rings. The molecular formula is C25H24N4O2S. The summed E-state index contributed by atoms with van der Waals surface area (Å²) in [6, 6.07) is 14.4. The van der Waals surface area contributed by atoms with E-state index >= 15 is 0 Å². The summed E-state index contributed by atoms with van der Waals surface area (Å²) in [7, 11) is 0. The molecule has 1 aromatic carbocycles. The van der Waals surface area contributed by atoms with Crippen molar-refractivity contribution in [2.75, 3.05) is 18.4 Å². The minimum atomic E-state index is -0.0208. The molecule has 1 saturated heterocycles. The second-order valence-corrected chi connectivity index (χ2v) is 8.92. The van der Waals surface area contributed by atoms with E-state index in [2.05, 4.69) is 39.6 Å². The third kappa shape index (κ3) is 4.03. The van der Waals surface area contributed by atoms with E-state index in [9.17, 15) is 9.90 Å². The molecule has 7 heteroatoms. The number of hydrogen-bond acceptors (Lipinski definition) is 6. The Hall–Kier alpha value is -3.45. The molecule has 162 valence electrons. The van der Waals surface area contributed by atoms with Crippen LogP contribution in [0.25, 0.3) is 10.2 Å². The fraction of sp³-hybridized carbons (Fsp3) is 0.240. The maximum Gasteiger partial charge on any atom is 0.257 e. The van der Waals surface area contributed by atoms with Gasteiger partial charge in [0.1, 0.15) is 5.52 Å². The van der Waals surface area contributed by atoms with E-state index in [0.717, 1.165) is 28.8 Å². The molecule has 0 bridgehead atoms. The number of likely N-dealkylation sites (tertiary alicyclic amines) is 1. The first-order chi connectivity index (χ1) is 15.7. The van der Waals surface area contributed by atoms with Gasteiger partial charge in [0.25, 0.3) is 5.91 Å². The van der Waals surface area contributed by atoms with Gasteiger partial charge in [0, 0.05) is 43.6 Å². The molecule has 1 aliphatic heterocycles. The lowest BCUT2D eigenvalue weighted by Gasteiger charge is -2.32. The number of thiophene rings is 1. The highest BCUT2D eigenvalue weighted by molar-refractivity contribution is 7.18. The van der Waals surface area contributed by atoms with Crippen LogP contribution in [0.3, 0.4) is 0 Å². The summed E-state index contributed by atoms with van der Waals surface area (Å²) in [5, 5.41) is 15.2. The number of rotatable bonds is 5. The maximum absolute atomic E-state index is 13.5. The summed E-state index contributed by atoms with van der Waals surface area (Å²) in [4.78, 5) is 24.0. The van der Waals surface area contributed by atoms with Gasteiger partial charge < -0.3 is 15.3 Å². The first-order valence-corrected chi connectivity index (χ1v) is 11.6. The number of fused-ring (bicyclic) bond motifs is 1. The fourth-order valence-corrected chi connectivity index (χ4v) is 5.21. The van der Waals surface area contributed by atoms with Crippen molar-refractivity contribution in [3.05, 3.63) is 83.1 Å². The zero-order chi connectivity index (χ0) is 21.9. The summed E-state index contributed by atoms with van der Waals surface area (Å²) < 4.78 is 0.788. The van der Waals surface area contributed by atoms with Crippen LogP contribution in [0.1, 0.15) is 40.2 Å². The first kappa shape index (κ1) is 20.5. The predicted octanol–water partition coefficient (Wildman–Crippen LogP) is 5.03. The van der Waals surface area contributed by atoms with Crippen molar-refractivity contribution >= 4 is 33.1 Å². The summed E-state index contributed by atoms with van der Waals surface area (Å²) in [6.07, 6.45) is 7.02. The topological polar surface area (TPSA) is 78.3 Å². The lowest BCUT2D eigenvalue weighted by molar-refractivity contribution is 0.0713. The minimum Gasteiger partial charge on any atom is -0.505 e. The number of nitrogens with zero attached hydrogens (tertiary/aromatic N) is 3. The number of nitrogens with one attached hydrogen (secondary N) is 1. The number of carbonyl (C=O) groups is 1. The van der Waals surface area contributed by atoms with E-state index in [1.54, 1.807) is 24.0 Å². The highest BCUT2D eigenvalue weighted by atomic mass is 32.1. The number of carbonyl (C=O) groups excluding carboxylic acids is 1. The minimum absolute atomic E-state index is 0.0208. The van der Waals surface area contributed by atoms with Gasteiger partial charge in [-0.1, -0.05) is 36.4 Å². The van der Waals surface area contributed by atoms with Crippen LogP contribution in [-0.2, 0) is 6.54 Å². The molecule has 6 nitrogen and oxygen atoms in total. The largest absolute Gasteiger partial charge is 0.505 e. The molecule has 0 saturated carbocycles. The average molecular weight is 445 g/mol. The lowest BCUT2D eigenvalue weighted by Crippen LogP contribution is -2.38. The molecule has 32 heavy (non-hydrogen) atoms. The van der Waals surface area contributed by atoms with E-state index in [4.69, 9.17) is 0 Å². The number of benzene rings is 1. The van der Waals surface area contributed by atoms with Crippen LogP contribution in [0.4, 0.5) is 5.69 Å². The second-order valence-electron chi connectivity index (χ2n) is 8.04. The third-order valence-corrected chi connectivity index (χ3v) is 7.02. The molecule has 4 aromatic rings. The summed E-state index contributed by atoms with van der Waals surface area (Å²) in [5.74, 6) is 0.600. The molecule has 1 aliphatic rings. The van der Waals surface area contributed by atoms with Crippen molar-refractivity contribution in [3.8, 4) is 5.75 Å². The fourth-order valence-electron chi connectivity index (χ4n) is 4.30. The molecule has 0 radical (unpaired) electrons. The van der Waals surface area contributed by atoms with Gasteiger partial charge in [-0.05, 0) is 36.0 Å². The molecule has 0 atom stereocenters. The van der Waals surface area contributed by atoms with Crippen molar-refractivity contribution in [2.24, 2.45) is 0 Å². The normalized spacial score (nSPS) is 14.6. The van der Waals surface area contributed by atoms with E-state index in [0.29, 0.717) is 36.6 Å². The third-order valence-electron chi connectivity index (χ3n) is 6.04. The number of piperidine rings is 1. The van der Waals surface area contributed by atoms with Crippen molar-refractivity contribution in [1.29, 1.82) is 0 Å². The predicted molar refractivity (Wildman–Crippen MR) is 127 cm³/mol. The number of pyridine rings is 2. The van der Waals surface area contributed by atoms with Crippen molar-refractivity contribution < 1.29 is 9.90 Å². The number of aromatic nitrogens is 2. The second kappa shape index (κ2) is 8.96. The van der Waals surface area contributed by atoms with Crippen molar-refractivity contribution in [2.45, 2.75) is 25.3 Å². The van der Waals surface area contributed by atoms with Crippen LogP contribution in [0, 0.1) is 0 Å². The molecule has 5 rings (SSSR count). The zero-order valence-corrected chi connectivity index (χ0v) is 18.4. The number of aromatic hydroxyl groups is 1. The molecule has 3 aromatic heterocycles. The van der Waals surface area contributed by atoms with Gasteiger partial charge in [-0.25, -0.2) is 0 Å². The first-order valence-electron chi connectivity index (χ1n) is 10.8. The number of anilines is 1.